The maximum Gasteiger partial charge on any atom is 0.225 e. The molecule has 0 amide bonds. The van der Waals surface area contributed by atoms with Gasteiger partial charge in [-0.1, -0.05) is 54.1 Å². The van der Waals surface area contributed by atoms with Crippen molar-refractivity contribution in [3.05, 3.63) is 95.3 Å². The molecule has 140 valence electrons. The van der Waals surface area contributed by atoms with Gasteiger partial charge in [0.15, 0.2) is 0 Å². The zero-order chi connectivity index (χ0) is 19.3. The van der Waals surface area contributed by atoms with E-state index in [0.29, 0.717) is 19.0 Å². The molecule has 0 fully saturated rings. The van der Waals surface area contributed by atoms with Crippen LogP contribution >= 0.6 is 0 Å². The summed E-state index contributed by atoms with van der Waals surface area (Å²) >= 11 is 0. The van der Waals surface area contributed by atoms with Crippen LogP contribution in [0.15, 0.2) is 72.8 Å². The van der Waals surface area contributed by atoms with Crippen molar-refractivity contribution in [3.63, 3.8) is 0 Å². The summed E-state index contributed by atoms with van der Waals surface area (Å²) in [5.74, 6) is 1.08. The largest absolute Gasteiger partial charge is 0.365 e. The molecule has 4 rings (SSSR count). The van der Waals surface area contributed by atoms with Gasteiger partial charge in [-0.15, -0.1) is 0 Å². The second kappa shape index (κ2) is 8.05. The monoisotopic (exact) mass is 372 g/mol. The molecule has 4 nitrogen and oxygen atoms in total. The quantitative estimate of drug-likeness (QED) is 0.482. The van der Waals surface area contributed by atoms with E-state index in [1.54, 1.807) is 12.1 Å². The molecule has 0 unspecified atom stereocenters. The molecule has 0 saturated carbocycles. The lowest BCUT2D eigenvalue weighted by Gasteiger charge is -2.12. The van der Waals surface area contributed by atoms with E-state index in [9.17, 15) is 4.39 Å². The fourth-order valence-electron chi connectivity index (χ4n) is 2.97. The lowest BCUT2D eigenvalue weighted by Crippen LogP contribution is -2.08. The Morgan fingerprint density at radius 1 is 0.750 bits per heavy atom. The molecule has 0 aliphatic rings. The molecular weight excluding hydrogens is 351 g/mol. The van der Waals surface area contributed by atoms with Crippen molar-refractivity contribution >= 4 is 22.7 Å². The van der Waals surface area contributed by atoms with Gasteiger partial charge in [0, 0.05) is 18.5 Å². The first-order chi connectivity index (χ1) is 13.7. The molecule has 0 saturated heterocycles. The van der Waals surface area contributed by atoms with E-state index in [0.717, 1.165) is 22.3 Å². The maximum atomic E-state index is 13.1. The molecule has 0 spiro atoms. The van der Waals surface area contributed by atoms with Gasteiger partial charge in [0.1, 0.15) is 11.6 Å². The lowest BCUT2D eigenvalue weighted by molar-refractivity contribution is 0.627. The fourth-order valence-corrected chi connectivity index (χ4v) is 2.97. The second-order valence-corrected chi connectivity index (χ2v) is 6.73. The van der Waals surface area contributed by atoms with Crippen molar-refractivity contribution in [1.82, 2.24) is 9.97 Å². The first-order valence-electron chi connectivity index (χ1n) is 9.22. The minimum atomic E-state index is -0.237. The number of anilines is 2. The van der Waals surface area contributed by atoms with E-state index in [-0.39, 0.29) is 5.82 Å². The van der Waals surface area contributed by atoms with Gasteiger partial charge in [-0.25, -0.2) is 9.37 Å². The summed E-state index contributed by atoms with van der Waals surface area (Å²) < 4.78 is 13.1. The van der Waals surface area contributed by atoms with E-state index >= 15 is 0 Å². The average molecular weight is 372 g/mol. The maximum absolute atomic E-state index is 13.1. The molecular formula is C23H21FN4. The smallest absolute Gasteiger partial charge is 0.225 e. The molecule has 2 N–H and O–H groups in total. The third kappa shape index (κ3) is 4.26. The van der Waals surface area contributed by atoms with Crippen LogP contribution in [-0.2, 0) is 13.1 Å². The summed E-state index contributed by atoms with van der Waals surface area (Å²) in [4.78, 5) is 9.28. The predicted octanol–water partition coefficient (Wildman–Crippen LogP) is 5.30. The number of aromatic nitrogens is 2. The topological polar surface area (TPSA) is 49.8 Å². The third-order valence-corrected chi connectivity index (χ3v) is 4.55. The van der Waals surface area contributed by atoms with E-state index in [2.05, 4.69) is 51.8 Å². The number of aryl methyl sites for hydroxylation is 1. The van der Waals surface area contributed by atoms with E-state index in [1.807, 2.05) is 24.3 Å². The summed E-state index contributed by atoms with van der Waals surface area (Å²) in [6, 6.07) is 22.7. The van der Waals surface area contributed by atoms with Gasteiger partial charge in [-0.2, -0.15) is 4.98 Å². The molecule has 3 aromatic carbocycles. The Hall–Kier alpha value is -3.47. The summed E-state index contributed by atoms with van der Waals surface area (Å²) in [5, 5.41) is 7.61. The Bertz CT molecular complexity index is 1080. The van der Waals surface area contributed by atoms with Crippen LogP contribution in [0.3, 0.4) is 0 Å². The molecule has 1 heterocycles. The summed E-state index contributed by atoms with van der Waals surface area (Å²) in [7, 11) is 0. The van der Waals surface area contributed by atoms with Gasteiger partial charge in [0.25, 0.3) is 0 Å². The van der Waals surface area contributed by atoms with Crippen LogP contribution in [0.25, 0.3) is 10.9 Å². The van der Waals surface area contributed by atoms with Gasteiger partial charge in [-0.3, -0.25) is 0 Å². The SMILES string of the molecule is Cc1ccc(CNc2nc(NCc3ccc(F)cc3)c3ccccc3n2)cc1. The van der Waals surface area contributed by atoms with Crippen molar-refractivity contribution in [2.45, 2.75) is 20.0 Å². The Morgan fingerprint density at radius 2 is 1.39 bits per heavy atom. The standard InChI is InChI=1S/C23H21FN4/c1-16-6-8-17(9-7-16)15-26-23-27-21-5-3-2-4-20(21)22(28-23)25-14-18-10-12-19(24)13-11-18/h2-13H,14-15H2,1H3,(H2,25,26,27,28). The fraction of sp³-hybridized carbons (Fsp3) is 0.130. The molecule has 28 heavy (non-hydrogen) atoms. The Labute approximate surface area is 163 Å². The number of halogens is 1. The minimum absolute atomic E-state index is 0.237. The third-order valence-electron chi connectivity index (χ3n) is 4.55. The lowest BCUT2D eigenvalue weighted by atomic mass is 10.1. The van der Waals surface area contributed by atoms with Crippen LogP contribution in [0.4, 0.5) is 16.2 Å². The van der Waals surface area contributed by atoms with Gasteiger partial charge in [0.2, 0.25) is 5.95 Å². The van der Waals surface area contributed by atoms with Crippen LogP contribution in [-0.4, -0.2) is 9.97 Å². The van der Waals surface area contributed by atoms with Crippen molar-refractivity contribution in [2.75, 3.05) is 10.6 Å². The minimum Gasteiger partial charge on any atom is -0.365 e. The highest BCUT2D eigenvalue weighted by atomic mass is 19.1. The first-order valence-corrected chi connectivity index (χ1v) is 9.22. The van der Waals surface area contributed by atoms with Gasteiger partial charge in [0.05, 0.1) is 5.52 Å². The number of fused-ring (bicyclic) bond motifs is 1. The first kappa shape index (κ1) is 17.9. The number of benzene rings is 3. The highest BCUT2D eigenvalue weighted by molar-refractivity contribution is 5.90. The van der Waals surface area contributed by atoms with Crippen molar-refractivity contribution < 1.29 is 4.39 Å². The zero-order valence-electron chi connectivity index (χ0n) is 15.6. The number of hydrogen-bond acceptors (Lipinski definition) is 4. The number of hydrogen-bond donors (Lipinski definition) is 2. The molecule has 0 atom stereocenters. The van der Waals surface area contributed by atoms with Crippen molar-refractivity contribution in [1.29, 1.82) is 0 Å². The predicted molar refractivity (Wildman–Crippen MR) is 112 cm³/mol. The van der Waals surface area contributed by atoms with Crippen LogP contribution in [0.2, 0.25) is 0 Å². The van der Waals surface area contributed by atoms with Crippen LogP contribution in [0, 0.1) is 12.7 Å². The average Bonchev–Trinajstić information content (AvgIpc) is 2.73. The van der Waals surface area contributed by atoms with Crippen LogP contribution in [0.5, 0.6) is 0 Å². The molecule has 5 heteroatoms. The van der Waals surface area contributed by atoms with E-state index in [1.165, 1.54) is 23.3 Å². The Morgan fingerprint density at radius 3 is 2.14 bits per heavy atom. The molecule has 0 aliphatic heterocycles. The van der Waals surface area contributed by atoms with Gasteiger partial charge in [-0.05, 0) is 42.3 Å². The van der Waals surface area contributed by atoms with E-state index < -0.39 is 0 Å². The number of rotatable bonds is 6. The number of nitrogens with one attached hydrogen (secondary N) is 2. The Balaban J connectivity index is 1.55. The summed E-state index contributed by atoms with van der Waals surface area (Å²) in [6.07, 6.45) is 0. The molecule has 1 aromatic heterocycles. The second-order valence-electron chi connectivity index (χ2n) is 6.73. The number of para-hydroxylation sites is 1. The summed E-state index contributed by atoms with van der Waals surface area (Å²) in [5.41, 5.74) is 4.25. The summed E-state index contributed by atoms with van der Waals surface area (Å²) in [6.45, 7) is 3.28. The normalized spacial score (nSPS) is 10.8. The number of nitrogens with zero attached hydrogens (tertiary/aromatic N) is 2. The highest BCUT2D eigenvalue weighted by Gasteiger charge is 2.08. The van der Waals surface area contributed by atoms with Gasteiger partial charge >= 0.3 is 0 Å². The van der Waals surface area contributed by atoms with Crippen molar-refractivity contribution in [2.24, 2.45) is 0 Å². The Kier molecular flexibility index (Phi) is 5.15. The molecule has 0 bridgehead atoms. The molecule has 4 aromatic rings. The van der Waals surface area contributed by atoms with Crippen LogP contribution in [0.1, 0.15) is 16.7 Å². The highest BCUT2D eigenvalue weighted by Crippen LogP contribution is 2.22. The van der Waals surface area contributed by atoms with Crippen molar-refractivity contribution in [3.8, 4) is 0 Å². The molecule has 0 radical (unpaired) electrons. The zero-order valence-corrected chi connectivity index (χ0v) is 15.6. The van der Waals surface area contributed by atoms with Crippen LogP contribution < -0.4 is 10.6 Å². The van der Waals surface area contributed by atoms with E-state index in [4.69, 9.17) is 0 Å². The van der Waals surface area contributed by atoms with Gasteiger partial charge < -0.3 is 10.6 Å². The molecule has 0 aliphatic carbocycles.